The Labute approximate surface area is 358 Å². The zero-order chi connectivity index (χ0) is 43.7. The number of phosphoric acid groups is 1. The fourth-order valence-corrected chi connectivity index (χ4v) is 5.76. The Balaban J connectivity index is 4.58. The molecule has 0 aliphatic heterocycles. The number of unbranched alkanes of at least 4 members (excludes halogenated alkanes) is 5. The quantitative estimate of drug-likeness (QED) is 0.0157. The van der Waals surface area contributed by atoms with Crippen molar-refractivity contribution in [3.63, 3.8) is 0 Å². The number of likely N-dealkylation sites (N-methyl/N-ethyl adjacent to an activating group) is 1. The predicted octanol–water partition coefficient (Wildman–Crippen LogP) is 11.3. The molecule has 0 aromatic heterocycles. The zero-order valence-electron chi connectivity index (χ0n) is 37.0. The summed E-state index contributed by atoms with van der Waals surface area (Å²) in [5.74, 6) is -0.964. The molecule has 0 spiro atoms. The highest BCUT2D eigenvalue weighted by Crippen LogP contribution is 2.43. The minimum absolute atomic E-state index is 0.0000148. The van der Waals surface area contributed by atoms with Crippen molar-refractivity contribution in [3.8, 4) is 0 Å². The number of allylic oxidation sites excluding steroid dienone is 16. The van der Waals surface area contributed by atoms with Gasteiger partial charge in [-0.3, -0.25) is 18.6 Å². The SMILES string of the molecule is CC/C=C\C/C=C\C/C=C\C/C=C\C/C=C\C/C=C\CCC(=O)OC[C@H](COP(=O)(O)OCC[N+](C)(C)C)OC(=O)CCCCCCC/C=C/C=C/C(O)C/C=C/CC. The van der Waals surface area contributed by atoms with Gasteiger partial charge in [0.2, 0.25) is 0 Å². The van der Waals surface area contributed by atoms with E-state index in [1.165, 1.54) is 0 Å². The van der Waals surface area contributed by atoms with Crippen LogP contribution in [0.1, 0.15) is 123 Å². The van der Waals surface area contributed by atoms with Crippen LogP contribution in [-0.2, 0) is 32.7 Å². The monoisotopic (exact) mass is 845 g/mol. The van der Waals surface area contributed by atoms with Gasteiger partial charge in [-0.15, -0.1) is 0 Å². The van der Waals surface area contributed by atoms with Gasteiger partial charge >= 0.3 is 19.8 Å². The van der Waals surface area contributed by atoms with Crippen LogP contribution in [0.3, 0.4) is 0 Å². The summed E-state index contributed by atoms with van der Waals surface area (Å²) in [6.45, 7) is 3.93. The van der Waals surface area contributed by atoms with E-state index >= 15 is 0 Å². The van der Waals surface area contributed by atoms with Gasteiger partial charge in [-0.1, -0.05) is 142 Å². The first-order chi connectivity index (χ1) is 28.4. The Kier molecular flexibility index (Phi) is 36.6. The number of aliphatic hydroxyl groups is 1. The van der Waals surface area contributed by atoms with E-state index in [0.29, 0.717) is 30.3 Å². The number of quaternary nitrogens is 1. The van der Waals surface area contributed by atoms with E-state index in [1.807, 2.05) is 57.6 Å². The minimum atomic E-state index is -4.42. The molecule has 0 saturated heterocycles. The first kappa shape index (κ1) is 55.6. The molecule has 0 amide bonds. The Morgan fingerprint density at radius 1 is 0.610 bits per heavy atom. The maximum absolute atomic E-state index is 12.7. The molecule has 334 valence electrons. The maximum Gasteiger partial charge on any atom is 0.472 e. The van der Waals surface area contributed by atoms with Crippen molar-refractivity contribution in [1.29, 1.82) is 0 Å². The largest absolute Gasteiger partial charge is 0.472 e. The molecule has 59 heavy (non-hydrogen) atoms. The molecule has 0 heterocycles. The zero-order valence-corrected chi connectivity index (χ0v) is 37.9. The third kappa shape index (κ3) is 42.6. The van der Waals surface area contributed by atoms with Gasteiger partial charge in [0.05, 0.1) is 33.9 Å². The Hall–Kier alpha value is -3.37. The van der Waals surface area contributed by atoms with Gasteiger partial charge in [-0.2, -0.15) is 0 Å². The van der Waals surface area contributed by atoms with Crippen molar-refractivity contribution in [2.45, 2.75) is 135 Å². The molecule has 0 saturated carbocycles. The number of aliphatic hydroxyl groups excluding tert-OH is 1. The highest BCUT2D eigenvalue weighted by Gasteiger charge is 2.27. The molecule has 2 unspecified atom stereocenters. The molecule has 11 heteroatoms. The average Bonchev–Trinajstić information content (AvgIpc) is 3.18. The van der Waals surface area contributed by atoms with E-state index in [0.717, 1.165) is 77.0 Å². The number of esters is 2. The van der Waals surface area contributed by atoms with Gasteiger partial charge in [0, 0.05) is 12.8 Å². The van der Waals surface area contributed by atoms with Crippen LogP contribution < -0.4 is 0 Å². The second kappa shape index (κ2) is 38.8. The number of nitrogens with zero attached hydrogens (tertiary/aromatic N) is 1. The maximum atomic E-state index is 12.7. The lowest BCUT2D eigenvalue weighted by atomic mass is 10.1. The third-order valence-corrected chi connectivity index (χ3v) is 9.38. The van der Waals surface area contributed by atoms with Crippen LogP contribution in [0.5, 0.6) is 0 Å². The van der Waals surface area contributed by atoms with Crippen LogP contribution in [0, 0.1) is 0 Å². The van der Waals surface area contributed by atoms with E-state index in [1.54, 1.807) is 6.08 Å². The van der Waals surface area contributed by atoms with Gasteiger partial charge < -0.3 is 24.0 Å². The molecule has 0 bridgehead atoms. The molecule has 0 aromatic rings. The molecule has 0 fully saturated rings. The number of phosphoric ester groups is 1. The minimum Gasteiger partial charge on any atom is -0.462 e. The normalized spacial score (nSPS) is 15.2. The van der Waals surface area contributed by atoms with Crippen molar-refractivity contribution in [1.82, 2.24) is 0 Å². The number of rotatable bonds is 37. The average molecular weight is 845 g/mol. The number of carbonyl (C=O) groups is 2. The van der Waals surface area contributed by atoms with Crippen molar-refractivity contribution in [2.75, 3.05) is 47.5 Å². The first-order valence-corrected chi connectivity index (χ1v) is 23.2. The number of ether oxygens (including phenoxy) is 2. The summed E-state index contributed by atoms with van der Waals surface area (Å²) in [5.41, 5.74) is 0. The summed E-state index contributed by atoms with van der Waals surface area (Å²) < 4.78 is 34.1. The summed E-state index contributed by atoms with van der Waals surface area (Å²) in [6.07, 6.45) is 49.1. The highest BCUT2D eigenvalue weighted by atomic mass is 31.2. The number of hydrogen-bond acceptors (Lipinski definition) is 8. The summed E-state index contributed by atoms with van der Waals surface area (Å²) >= 11 is 0. The lowest BCUT2D eigenvalue weighted by Crippen LogP contribution is -2.37. The second-order valence-electron chi connectivity index (χ2n) is 15.2. The molecule has 0 aliphatic carbocycles. The van der Waals surface area contributed by atoms with Gasteiger partial charge in [0.1, 0.15) is 19.8 Å². The van der Waals surface area contributed by atoms with Crippen LogP contribution in [0.25, 0.3) is 0 Å². The topological polar surface area (TPSA) is 129 Å². The Morgan fingerprint density at radius 2 is 1.15 bits per heavy atom. The van der Waals surface area contributed by atoms with E-state index in [-0.39, 0.29) is 26.1 Å². The molecule has 10 nitrogen and oxygen atoms in total. The van der Waals surface area contributed by atoms with Gasteiger partial charge in [0.15, 0.2) is 6.10 Å². The Morgan fingerprint density at radius 3 is 1.75 bits per heavy atom. The van der Waals surface area contributed by atoms with E-state index < -0.39 is 38.6 Å². The molecule has 2 N–H and O–H groups in total. The van der Waals surface area contributed by atoms with E-state index in [2.05, 4.69) is 80.7 Å². The fraction of sp³-hybridized carbons (Fsp3) is 0.583. The molecule has 0 aromatic carbocycles. The van der Waals surface area contributed by atoms with Crippen molar-refractivity contribution in [2.24, 2.45) is 0 Å². The van der Waals surface area contributed by atoms with Crippen LogP contribution >= 0.6 is 7.82 Å². The van der Waals surface area contributed by atoms with Crippen molar-refractivity contribution in [3.05, 3.63) is 109 Å². The van der Waals surface area contributed by atoms with Crippen LogP contribution in [0.15, 0.2) is 109 Å². The molecule has 3 atom stereocenters. The fourth-order valence-electron chi connectivity index (χ4n) is 5.01. The summed E-state index contributed by atoms with van der Waals surface area (Å²) in [4.78, 5) is 35.3. The van der Waals surface area contributed by atoms with Gasteiger partial charge in [-0.05, 0) is 77.0 Å². The van der Waals surface area contributed by atoms with Gasteiger partial charge in [-0.25, -0.2) is 4.57 Å². The standard InChI is InChI=1S/C48H78NO9P/c1-6-8-10-11-12-13-14-15-16-17-18-19-20-21-22-25-28-31-35-39-47(51)55-43-46(44-57-59(53,54)56-42-41-49(3,4)5)58-48(52)40-36-32-29-26-23-24-27-30-34-38-45(50)37-33-9-7-2/h8-10,12-13,15-16,18-19,21-22,27-28,30-31,33-34,38,45-46,50H,6-7,11,14,17,20,23-26,29,32,35-37,39-44H2,1-5H3/p+1/b10-8-,13-12-,16-15-,19-18-,22-21-,30-27+,31-28-,33-9+,38-34+/t45?,46-/m1/s1. The Bertz CT molecular complexity index is 1380. The molecular weight excluding hydrogens is 765 g/mol. The lowest BCUT2D eigenvalue weighted by Gasteiger charge is -2.24. The van der Waals surface area contributed by atoms with Gasteiger partial charge in [0.25, 0.3) is 0 Å². The molecule has 0 aliphatic rings. The van der Waals surface area contributed by atoms with E-state index in [9.17, 15) is 24.2 Å². The second-order valence-corrected chi connectivity index (χ2v) is 16.6. The van der Waals surface area contributed by atoms with Crippen LogP contribution in [-0.4, -0.2) is 86.1 Å². The van der Waals surface area contributed by atoms with Crippen LogP contribution in [0.4, 0.5) is 0 Å². The first-order valence-electron chi connectivity index (χ1n) is 21.7. The highest BCUT2D eigenvalue weighted by molar-refractivity contribution is 7.47. The van der Waals surface area contributed by atoms with Crippen molar-refractivity contribution < 1.29 is 47.2 Å². The predicted molar refractivity (Wildman–Crippen MR) is 244 cm³/mol. The van der Waals surface area contributed by atoms with Crippen molar-refractivity contribution >= 4 is 19.8 Å². The number of hydrogen-bond donors (Lipinski definition) is 2. The molecular formula is C48H79NO9P+. The summed E-state index contributed by atoms with van der Waals surface area (Å²) in [6, 6.07) is 0. The third-order valence-electron chi connectivity index (χ3n) is 8.39. The molecule has 0 radical (unpaired) electrons. The summed E-state index contributed by atoms with van der Waals surface area (Å²) in [5, 5.41) is 9.89. The lowest BCUT2D eigenvalue weighted by molar-refractivity contribution is -0.870. The van der Waals surface area contributed by atoms with Crippen LogP contribution in [0.2, 0.25) is 0 Å². The molecule has 0 rings (SSSR count). The summed E-state index contributed by atoms with van der Waals surface area (Å²) in [7, 11) is 1.37. The smallest absolute Gasteiger partial charge is 0.462 e. The number of carbonyl (C=O) groups excluding carboxylic acids is 2. The van der Waals surface area contributed by atoms with E-state index in [4.69, 9.17) is 18.5 Å².